The SMILES string of the molecule is Cc1noc(C(C)Nc2ccc(OCc3ccccn3)c(F)c2)n1. The van der Waals surface area contributed by atoms with Gasteiger partial charge in [-0.1, -0.05) is 11.2 Å². The van der Waals surface area contributed by atoms with Gasteiger partial charge in [0.25, 0.3) is 0 Å². The maximum atomic E-state index is 14.2. The first-order valence-electron chi connectivity index (χ1n) is 7.51. The standard InChI is InChI=1S/C17H17FN4O2/c1-11(17-21-12(2)22-24-17)20-13-6-7-16(15(18)9-13)23-10-14-5-3-4-8-19-14/h3-9,11,20H,10H2,1-2H3. The number of aromatic nitrogens is 3. The minimum Gasteiger partial charge on any atom is -0.484 e. The van der Waals surface area contributed by atoms with E-state index >= 15 is 0 Å². The third kappa shape index (κ3) is 3.87. The average molecular weight is 328 g/mol. The Balaban J connectivity index is 1.64. The quantitative estimate of drug-likeness (QED) is 0.744. The van der Waals surface area contributed by atoms with Gasteiger partial charge in [-0.25, -0.2) is 4.39 Å². The van der Waals surface area contributed by atoms with Crippen molar-refractivity contribution < 1.29 is 13.7 Å². The molecule has 3 rings (SSSR count). The van der Waals surface area contributed by atoms with E-state index in [1.165, 1.54) is 6.07 Å². The van der Waals surface area contributed by atoms with E-state index in [1.54, 1.807) is 25.3 Å². The number of aryl methyl sites for hydroxylation is 1. The molecule has 3 aromatic rings. The lowest BCUT2D eigenvalue weighted by Gasteiger charge is -2.13. The number of pyridine rings is 1. The summed E-state index contributed by atoms with van der Waals surface area (Å²) < 4.78 is 24.7. The molecule has 0 aliphatic carbocycles. The molecular weight excluding hydrogens is 311 g/mol. The zero-order chi connectivity index (χ0) is 16.9. The van der Waals surface area contributed by atoms with Crippen LogP contribution in [0.5, 0.6) is 5.75 Å². The van der Waals surface area contributed by atoms with Gasteiger partial charge in [0.2, 0.25) is 5.89 Å². The molecule has 0 aliphatic heterocycles. The molecule has 0 bridgehead atoms. The van der Waals surface area contributed by atoms with Gasteiger partial charge in [-0.05, 0) is 38.1 Å². The monoisotopic (exact) mass is 328 g/mol. The molecule has 0 fully saturated rings. The molecule has 0 saturated carbocycles. The lowest BCUT2D eigenvalue weighted by Crippen LogP contribution is -2.07. The highest BCUT2D eigenvalue weighted by molar-refractivity contribution is 5.48. The van der Waals surface area contributed by atoms with E-state index < -0.39 is 5.82 Å². The molecule has 0 saturated heterocycles. The summed E-state index contributed by atoms with van der Waals surface area (Å²) in [7, 11) is 0. The number of nitrogens with one attached hydrogen (secondary N) is 1. The molecule has 0 amide bonds. The van der Waals surface area contributed by atoms with Crippen molar-refractivity contribution in [3.05, 3.63) is 65.8 Å². The van der Waals surface area contributed by atoms with Crippen molar-refractivity contribution in [2.45, 2.75) is 26.5 Å². The Morgan fingerprint density at radius 2 is 2.17 bits per heavy atom. The Hall–Kier alpha value is -2.96. The van der Waals surface area contributed by atoms with Crippen LogP contribution in [0.15, 0.2) is 47.1 Å². The summed E-state index contributed by atoms with van der Waals surface area (Å²) in [6, 6.07) is 9.94. The topological polar surface area (TPSA) is 73.1 Å². The van der Waals surface area contributed by atoms with Gasteiger partial charge < -0.3 is 14.6 Å². The van der Waals surface area contributed by atoms with Crippen molar-refractivity contribution in [2.75, 3.05) is 5.32 Å². The van der Waals surface area contributed by atoms with Gasteiger partial charge in [0.15, 0.2) is 17.4 Å². The molecule has 1 unspecified atom stereocenters. The first-order chi connectivity index (χ1) is 11.6. The van der Waals surface area contributed by atoms with Gasteiger partial charge in [-0.15, -0.1) is 0 Å². The zero-order valence-corrected chi connectivity index (χ0v) is 13.4. The molecule has 2 heterocycles. The summed E-state index contributed by atoms with van der Waals surface area (Å²) in [6.45, 7) is 3.81. The first kappa shape index (κ1) is 15.9. The highest BCUT2D eigenvalue weighted by Crippen LogP contribution is 2.24. The van der Waals surface area contributed by atoms with Crippen molar-refractivity contribution in [3.63, 3.8) is 0 Å². The molecule has 0 radical (unpaired) electrons. The van der Waals surface area contributed by atoms with Crippen LogP contribution in [0.25, 0.3) is 0 Å². The molecule has 2 aromatic heterocycles. The Morgan fingerprint density at radius 3 is 2.83 bits per heavy atom. The smallest absolute Gasteiger partial charge is 0.248 e. The maximum absolute atomic E-state index is 14.2. The van der Waals surface area contributed by atoms with Crippen LogP contribution in [0.1, 0.15) is 30.4 Å². The molecule has 1 atom stereocenters. The molecule has 124 valence electrons. The predicted molar refractivity (Wildman–Crippen MR) is 86.0 cm³/mol. The van der Waals surface area contributed by atoms with Crippen LogP contribution >= 0.6 is 0 Å². The van der Waals surface area contributed by atoms with Gasteiger partial charge >= 0.3 is 0 Å². The number of halogens is 1. The normalized spacial score (nSPS) is 12.0. The largest absolute Gasteiger partial charge is 0.484 e. The summed E-state index contributed by atoms with van der Waals surface area (Å²) in [5.74, 6) is 0.726. The molecule has 0 spiro atoms. The number of anilines is 1. The fourth-order valence-corrected chi connectivity index (χ4v) is 2.14. The van der Waals surface area contributed by atoms with Crippen LogP contribution in [0.2, 0.25) is 0 Å². The lowest BCUT2D eigenvalue weighted by atomic mass is 10.2. The van der Waals surface area contributed by atoms with E-state index in [1.807, 2.05) is 25.1 Å². The Bertz CT molecular complexity index is 807. The third-order valence-corrected chi connectivity index (χ3v) is 3.33. The molecule has 0 aliphatic rings. The summed E-state index contributed by atoms with van der Waals surface area (Å²) in [5.41, 5.74) is 1.33. The average Bonchev–Trinajstić information content (AvgIpc) is 3.02. The van der Waals surface area contributed by atoms with E-state index in [2.05, 4.69) is 20.4 Å². The summed E-state index contributed by atoms with van der Waals surface area (Å²) in [5, 5.41) is 6.85. The van der Waals surface area contributed by atoms with Crippen molar-refractivity contribution in [1.82, 2.24) is 15.1 Å². The number of hydrogen-bond donors (Lipinski definition) is 1. The summed E-state index contributed by atoms with van der Waals surface area (Å²) in [4.78, 5) is 8.28. The van der Waals surface area contributed by atoms with Crippen molar-refractivity contribution in [2.24, 2.45) is 0 Å². The van der Waals surface area contributed by atoms with E-state index in [-0.39, 0.29) is 18.4 Å². The second kappa shape index (κ2) is 7.08. The summed E-state index contributed by atoms with van der Waals surface area (Å²) in [6.07, 6.45) is 1.67. The van der Waals surface area contributed by atoms with Gasteiger partial charge in [0.1, 0.15) is 12.6 Å². The van der Waals surface area contributed by atoms with Gasteiger partial charge in [0.05, 0.1) is 5.69 Å². The van der Waals surface area contributed by atoms with Crippen LogP contribution in [0, 0.1) is 12.7 Å². The van der Waals surface area contributed by atoms with Crippen molar-refractivity contribution in [1.29, 1.82) is 0 Å². The van der Waals surface area contributed by atoms with E-state index in [0.29, 0.717) is 17.4 Å². The Morgan fingerprint density at radius 1 is 1.29 bits per heavy atom. The van der Waals surface area contributed by atoms with Crippen LogP contribution in [-0.4, -0.2) is 15.1 Å². The fraction of sp³-hybridized carbons (Fsp3) is 0.235. The number of benzene rings is 1. The minimum absolute atomic E-state index is 0.174. The second-order valence-corrected chi connectivity index (χ2v) is 5.30. The molecule has 1 aromatic carbocycles. The highest BCUT2D eigenvalue weighted by Gasteiger charge is 2.14. The van der Waals surface area contributed by atoms with Crippen molar-refractivity contribution >= 4 is 5.69 Å². The molecule has 1 N–H and O–H groups in total. The zero-order valence-electron chi connectivity index (χ0n) is 13.4. The van der Waals surface area contributed by atoms with E-state index in [9.17, 15) is 4.39 Å². The molecular formula is C17H17FN4O2. The van der Waals surface area contributed by atoms with E-state index in [4.69, 9.17) is 9.26 Å². The Labute approximate surface area is 138 Å². The first-order valence-corrected chi connectivity index (χ1v) is 7.51. The van der Waals surface area contributed by atoms with Crippen LogP contribution in [0.4, 0.5) is 10.1 Å². The number of rotatable bonds is 6. The van der Waals surface area contributed by atoms with Gasteiger partial charge in [-0.2, -0.15) is 4.98 Å². The summed E-state index contributed by atoms with van der Waals surface area (Å²) >= 11 is 0. The predicted octanol–water partition coefficient (Wildman–Crippen LogP) is 3.66. The van der Waals surface area contributed by atoms with Crippen LogP contribution < -0.4 is 10.1 Å². The number of ether oxygens (including phenoxy) is 1. The molecule has 24 heavy (non-hydrogen) atoms. The van der Waals surface area contributed by atoms with Crippen molar-refractivity contribution in [3.8, 4) is 5.75 Å². The van der Waals surface area contributed by atoms with Crippen LogP contribution in [-0.2, 0) is 6.61 Å². The fourth-order valence-electron chi connectivity index (χ4n) is 2.14. The second-order valence-electron chi connectivity index (χ2n) is 5.30. The highest BCUT2D eigenvalue weighted by atomic mass is 19.1. The van der Waals surface area contributed by atoms with E-state index in [0.717, 1.165) is 5.69 Å². The molecule has 6 nitrogen and oxygen atoms in total. The minimum atomic E-state index is -0.454. The third-order valence-electron chi connectivity index (χ3n) is 3.33. The molecule has 7 heteroatoms. The maximum Gasteiger partial charge on any atom is 0.248 e. The number of nitrogens with zero attached hydrogens (tertiary/aromatic N) is 3. The van der Waals surface area contributed by atoms with Crippen LogP contribution in [0.3, 0.4) is 0 Å². The van der Waals surface area contributed by atoms with Gasteiger partial charge in [0, 0.05) is 18.0 Å². The van der Waals surface area contributed by atoms with Gasteiger partial charge in [-0.3, -0.25) is 4.98 Å². The lowest BCUT2D eigenvalue weighted by molar-refractivity contribution is 0.286. The number of hydrogen-bond acceptors (Lipinski definition) is 6. The Kier molecular flexibility index (Phi) is 4.69.